The predicted octanol–water partition coefficient (Wildman–Crippen LogP) is 4.13. The minimum absolute atomic E-state index is 0.249. The molecule has 3 heteroatoms. The second-order valence-corrected chi connectivity index (χ2v) is 4.74. The lowest BCUT2D eigenvalue weighted by Gasteiger charge is -2.07. The smallest absolute Gasteiger partial charge is 0.119 e. The second-order valence-electron chi connectivity index (χ2n) is 4.74. The fourth-order valence-electron chi connectivity index (χ4n) is 2.24. The van der Waals surface area contributed by atoms with Crippen LogP contribution in [0.25, 0.3) is 22.3 Å². The third kappa shape index (κ3) is 2.87. The van der Waals surface area contributed by atoms with Crippen LogP contribution in [0.15, 0.2) is 67.0 Å². The van der Waals surface area contributed by atoms with Crippen molar-refractivity contribution in [1.82, 2.24) is 4.98 Å². The molecular formula is C18H15NO2. The first-order valence-electron chi connectivity index (χ1n) is 6.65. The molecule has 0 saturated carbocycles. The molecule has 3 aromatic rings. The van der Waals surface area contributed by atoms with Gasteiger partial charge in [-0.3, -0.25) is 4.98 Å². The van der Waals surface area contributed by atoms with Gasteiger partial charge in [-0.25, -0.2) is 0 Å². The molecule has 21 heavy (non-hydrogen) atoms. The number of ether oxygens (including phenoxy) is 1. The lowest BCUT2D eigenvalue weighted by Crippen LogP contribution is -1.86. The molecule has 0 amide bonds. The maximum Gasteiger partial charge on any atom is 0.119 e. The first-order valence-corrected chi connectivity index (χ1v) is 6.65. The summed E-state index contributed by atoms with van der Waals surface area (Å²) in [6.45, 7) is 0. The van der Waals surface area contributed by atoms with Gasteiger partial charge < -0.3 is 9.84 Å². The minimum Gasteiger partial charge on any atom is -0.508 e. The van der Waals surface area contributed by atoms with Gasteiger partial charge in [0.1, 0.15) is 11.5 Å². The summed E-state index contributed by atoms with van der Waals surface area (Å²) in [6.07, 6.45) is 3.61. The van der Waals surface area contributed by atoms with E-state index in [-0.39, 0.29) is 5.75 Å². The van der Waals surface area contributed by atoms with Crippen molar-refractivity contribution < 1.29 is 9.84 Å². The number of phenolic OH excluding ortho intramolecular Hbond substituents is 1. The number of nitrogens with zero attached hydrogens (tertiary/aromatic N) is 1. The van der Waals surface area contributed by atoms with Crippen LogP contribution in [0.1, 0.15) is 0 Å². The number of aromatic hydroxyl groups is 1. The molecule has 3 nitrogen and oxygen atoms in total. The Labute approximate surface area is 123 Å². The van der Waals surface area contributed by atoms with E-state index in [2.05, 4.69) is 11.1 Å². The van der Waals surface area contributed by atoms with E-state index in [1.807, 2.05) is 42.6 Å². The Balaban J connectivity index is 2.03. The van der Waals surface area contributed by atoms with E-state index < -0.39 is 0 Å². The van der Waals surface area contributed by atoms with Gasteiger partial charge in [-0.15, -0.1) is 0 Å². The predicted molar refractivity (Wildman–Crippen MR) is 83.3 cm³/mol. The molecule has 3 rings (SSSR count). The van der Waals surface area contributed by atoms with Gasteiger partial charge in [0.05, 0.1) is 7.11 Å². The normalized spacial score (nSPS) is 10.3. The average molecular weight is 277 g/mol. The van der Waals surface area contributed by atoms with Crippen molar-refractivity contribution >= 4 is 0 Å². The second kappa shape index (κ2) is 5.67. The van der Waals surface area contributed by atoms with Crippen LogP contribution in [0.3, 0.4) is 0 Å². The van der Waals surface area contributed by atoms with Crippen molar-refractivity contribution in [2.75, 3.05) is 7.11 Å². The van der Waals surface area contributed by atoms with Crippen molar-refractivity contribution in [2.45, 2.75) is 0 Å². The number of benzene rings is 2. The van der Waals surface area contributed by atoms with E-state index in [0.717, 1.165) is 28.0 Å². The molecule has 0 fully saturated rings. The highest BCUT2D eigenvalue weighted by Gasteiger charge is 2.04. The molecule has 0 atom stereocenters. The molecule has 1 heterocycles. The monoisotopic (exact) mass is 277 g/mol. The summed E-state index contributed by atoms with van der Waals surface area (Å²) < 4.78 is 5.25. The Bertz CT molecular complexity index is 768. The lowest BCUT2D eigenvalue weighted by atomic mass is 10.0. The third-order valence-electron chi connectivity index (χ3n) is 3.32. The summed E-state index contributed by atoms with van der Waals surface area (Å²) in [4.78, 5) is 4.30. The van der Waals surface area contributed by atoms with Crippen LogP contribution < -0.4 is 4.74 Å². The number of hydrogen-bond donors (Lipinski definition) is 1. The quantitative estimate of drug-likeness (QED) is 0.782. The Morgan fingerprint density at radius 1 is 0.810 bits per heavy atom. The van der Waals surface area contributed by atoms with E-state index >= 15 is 0 Å². The van der Waals surface area contributed by atoms with Crippen LogP contribution in [-0.4, -0.2) is 17.2 Å². The molecule has 0 unspecified atom stereocenters. The van der Waals surface area contributed by atoms with Crippen molar-refractivity contribution in [2.24, 2.45) is 0 Å². The first kappa shape index (κ1) is 13.2. The topological polar surface area (TPSA) is 42.4 Å². The van der Waals surface area contributed by atoms with Gasteiger partial charge in [-0.2, -0.15) is 0 Å². The standard InChI is InChI=1S/C18H15NO2/c1-21-18-7-3-5-14(10-18)16-8-15(11-19-12-16)13-4-2-6-17(20)9-13/h2-12,20H,1H3. The molecular weight excluding hydrogens is 262 g/mol. The van der Waals surface area contributed by atoms with Gasteiger partial charge in [0.15, 0.2) is 0 Å². The maximum absolute atomic E-state index is 9.59. The highest BCUT2D eigenvalue weighted by molar-refractivity contribution is 5.72. The largest absolute Gasteiger partial charge is 0.508 e. The zero-order valence-corrected chi connectivity index (χ0v) is 11.7. The van der Waals surface area contributed by atoms with E-state index in [9.17, 15) is 5.11 Å². The van der Waals surface area contributed by atoms with Gasteiger partial charge in [0.25, 0.3) is 0 Å². The van der Waals surface area contributed by atoms with E-state index in [1.165, 1.54) is 0 Å². The van der Waals surface area contributed by atoms with E-state index in [1.54, 1.807) is 25.4 Å². The van der Waals surface area contributed by atoms with Crippen molar-refractivity contribution in [3.63, 3.8) is 0 Å². The summed E-state index contributed by atoms with van der Waals surface area (Å²) in [6, 6.07) is 17.1. The summed E-state index contributed by atoms with van der Waals surface area (Å²) in [7, 11) is 1.65. The summed E-state index contributed by atoms with van der Waals surface area (Å²) in [5.41, 5.74) is 3.96. The number of aromatic nitrogens is 1. The third-order valence-corrected chi connectivity index (χ3v) is 3.32. The van der Waals surface area contributed by atoms with Crippen LogP contribution >= 0.6 is 0 Å². The molecule has 0 aliphatic carbocycles. The van der Waals surface area contributed by atoms with E-state index in [4.69, 9.17) is 4.74 Å². The highest BCUT2D eigenvalue weighted by Crippen LogP contribution is 2.28. The van der Waals surface area contributed by atoms with Gasteiger partial charge in [0.2, 0.25) is 0 Å². The Morgan fingerprint density at radius 2 is 1.48 bits per heavy atom. The van der Waals surface area contributed by atoms with Crippen LogP contribution in [0.4, 0.5) is 0 Å². The van der Waals surface area contributed by atoms with E-state index in [0.29, 0.717) is 0 Å². The van der Waals surface area contributed by atoms with Crippen LogP contribution in [0.5, 0.6) is 11.5 Å². The number of hydrogen-bond acceptors (Lipinski definition) is 3. The molecule has 0 aliphatic heterocycles. The molecule has 104 valence electrons. The number of rotatable bonds is 3. The minimum atomic E-state index is 0.249. The molecule has 1 N–H and O–H groups in total. The molecule has 0 aliphatic rings. The van der Waals surface area contributed by atoms with Crippen LogP contribution in [0, 0.1) is 0 Å². The first-order chi connectivity index (χ1) is 10.3. The molecule has 0 saturated heterocycles. The van der Waals surface area contributed by atoms with Gasteiger partial charge in [0, 0.05) is 23.5 Å². The Kier molecular flexibility index (Phi) is 3.56. The van der Waals surface area contributed by atoms with Crippen LogP contribution in [-0.2, 0) is 0 Å². The number of pyridine rings is 1. The van der Waals surface area contributed by atoms with Gasteiger partial charge in [-0.1, -0.05) is 24.3 Å². The van der Waals surface area contributed by atoms with Crippen LogP contribution in [0.2, 0.25) is 0 Å². The molecule has 1 aromatic heterocycles. The zero-order valence-electron chi connectivity index (χ0n) is 11.7. The number of phenols is 1. The fourth-order valence-corrected chi connectivity index (χ4v) is 2.24. The van der Waals surface area contributed by atoms with Crippen molar-refractivity contribution in [1.29, 1.82) is 0 Å². The summed E-state index contributed by atoms with van der Waals surface area (Å²) >= 11 is 0. The maximum atomic E-state index is 9.59. The fraction of sp³-hybridized carbons (Fsp3) is 0.0556. The Hall–Kier alpha value is -2.81. The Morgan fingerprint density at radius 3 is 2.14 bits per heavy atom. The molecule has 2 aromatic carbocycles. The van der Waals surface area contributed by atoms with Crippen molar-refractivity contribution in [3.8, 4) is 33.8 Å². The van der Waals surface area contributed by atoms with Gasteiger partial charge in [-0.05, 0) is 41.5 Å². The zero-order chi connectivity index (χ0) is 14.7. The molecule has 0 spiro atoms. The molecule has 0 radical (unpaired) electrons. The van der Waals surface area contributed by atoms with Crippen molar-refractivity contribution in [3.05, 3.63) is 67.0 Å². The SMILES string of the molecule is COc1cccc(-c2cncc(-c3cccc(O)c3)c2)c1. The molecule has 0 bridgehead atoms. The highest BCUT2D eigenvalue weighted by atomic mass is 16.5. The summed E-state index contributed by atoms with van der Waals surface area (Å²) in [5, 5.41) is 9.59. The lowest BCUT2D eigenvalue weighted by molar-refractivity contribution is 0.415. The number of methoxy groups -OCH3 is 1. The summed E-state index contributed by atoms with van der Waals surface area (Å²) in [5.74, 6) is 1.06. The van der Waals surface area contributed by atoms with Gasteiger partial charge >= 0.3 is 0 Å². The average Bonchev–Trinajstić information content (AvgIpc) is 2.55.